The quantitative estimate of drug-likeness (QED) is 0.767. The maximum Gasteiger partial charge on any atom is 0.326 e. The van der Waals surface area contributed by atoms with Gasteiger partial charge in [0.15, 0.2) is 0 Å². The highest BCUT2D eigenvalue weighted by atomic mass is 16.5. The van der Waals surface area contributed by atoms with E-state index in [0.717, 1.165) is 45.1 Å². The third kappa shape index (κ3) is 3.01. The Bertz CT molecular complexity index is 253. The van der Waals surface area contributed by atoms with Crippen LogP contribution in [0.25, 0.3) is 0 Å². The van der Waals surface area contributed by atoms with Gasteiger partial charge in [0.25, 0.3) is 0 Å². The smallest absolute Gasteiger partial charge is 0.326 e. The van der Waals surface area contributed by atoms with E-state index in [2.05, 4.69) is 12.2 Å². The molecule has 1 saturated carbocycles. The number of carbonyl (C=O) groups excluding carboxylic acids is 1. The third-order valence-electron chi connectivity index (χ3n) is 4.14. The van der Waals surface area contributed by atoms with Gasteiger partial charge in [0.2, 0.25) is 0 Å². The summed E-state index contributed by atoms with van der Waals surface area (Å²) in [5.41, 5.74) is -0.355. The first-order valence-electron chi connectivity index (χ1n) is 7.23. The topological polar surface area (TPSA) is 38.3 Å². The average Bonchev–Trinajstić information content (AvgIpc) is 2.81. The highest BCUT2D eigenvalue weighted by Crippen LogP contribution is 2.29. The van der Waals surface area contributed by atoms with Gasteiger partial charge < -0.3 is 10.1 Å². The first kappa shape index (κ1) is 12.9. The van der Waals surface area contributed by atoms with Crippen LogP contribution in [-0.4, -0.2) is 24.2 Å². The molecule has 0 aromatic carbocycles. The van der Waals surface area contributed by atoms with Gasteiger partial charge in [-0.1, -0.05) is 19.8 Å². The molecule has 1 unspecified atom stereocenters. The third-order valence-corrected chi connectivity index (χ3v) is 4.14. The van der Waals surface area contributed by atoms with Crippen molar-refractivity contribution in [2.75, 3.05) is 6.54 Å². The van der Waals surface area contributed by atoms with Gasteiger partial charge >= 0.3 is 5.97 Å². The van der Waals surface area contributed by atoms with Gasteiger partial charge in [0, 0.05) is 0 Å². The van der Waals surface area contributed by atoms with Gasteiger partial charge in [-0.15, -0.1) is 0 Å². The fourth-order valence-electron chi connectivity index (χ4n) is 3.17. The monoisotopic (exact) mass is 239 g/mol. The van der Waals surface area contributed by atoms with Gasteiger partial charge in [-0.2, -0.15) is 0 Å². The summed E-state index contributed by atoms with van der Waals surface area (Å²) < 4.78 is 5.73. The van der Waals surface area contributed by atoms with Crippen molar-refractivity contribution in [1.29, 1.82) is 0 Å². The van der Waals surface area contributed by atoms with E-state index in [-0.39, 0.29) is 17.6 Å². The fourth-order valence-corrected chi connectivity index (χ4v) is 3.17. The van der Waals surface area contributed by atoms with Crippen LogP contribution in [0.3, 0.4) is 0 Å². The van der Waals surface area contributed by atoms with Crippen molar-refractivity contribution in [3.8, 4) is 0 Å². The van der Waals surface area contributed by atoms with Crippen molar-refractivity contribution in [3.05, 3.63) is 0 Å². The lowest BCUT2D eigenvalue weighted by molar-refractivity contribution is -0.158. The van der Waals surface area contributed by atoms with E-state index < -0.39 is 0 Å². The Morgan fingerprint density at radius 3 is 2.65 bits per heavy atom. The van der Waals surface area contributed by atoms with Gasteiger partial charge in [-0.25, -0.2) is 0 Å². The summed E-state index contributed by atoms with van der Waals surface area (Å²) in [6.45, 7) is 3.09. The van der Waals surface area contributed by atoms with Gasteiger partial charge in [0.1, 0.15) is 11.6 Å². The van der Waals surface area contributed by atoms with Gasteiger partial charge in [0.05, 0.1) is 0 Å². The van der Waals surface area contributed by atoms with Crippen molar-refractivity contribution >= 4 is 5.97 Å². The molecule has 0 aromatic heterocycles. The van der Waals surface area contributed by atoms with Gasteiger partial charge in [-0.05, 0) is 51.5 Å². The molecule has 0 radical (unpaired) electrons. The standard InChI is InChI=1S/C14H25NO2/c1-2-9-14(10-6-11-15-14)13(16)17-12-7-4-3-5-8-12/h12,15H,2-11H2,1H3. The molecule has 1 aliphatic heterocycles. The van der Waals surface area contributed by atoms with E-state index in [1.807, 2.05) is 0 Å². The second kappa shape index (κ2) is 5.85. The molecule has 3 heteroatoms. The lowest BCUT2D eigenvalue weighted by atomic mass is 9.91. The molecular formula is C14H25NO2. The number of carbonyl (C=O) groups is 1. The Morgan fingerprint density at radius 2 is 2.06 bits per heavy atom. The zero-order valence-corrected chi connectivity index (χ0v) is 11.0. The van der Waals surface area contributed by atoms with Crippen molar-refractivity contribution in [2.45, 2.75) is 76.4 Å². The van der Waals surface area contributed by atoms with E-state index >= 15 is 0 Å². The zero-order chi connectivity index (χ0) is 12.1. The molecule has 98 valence electrons. The molecule has 17 heavy (non-hydrogen) atoms. The molecule has 2 aliphatic rings. The maximum absolute atomic E-state index is 12.3. The second-order valence-electron chi connectivity index (χ2n) is 5.53. The molecule has 0 amide bonds. The molecule has 0 spiro atoms. The minimum atomic E-state index is -0.355. The highest BCUT2D eigenvalue weighted by molar-refractivity contribution is 5.81. The van der Waals surface area contributed by atoms with Crippen LogP contribution in [-0.2, 0) is 9.53 Å². The normalized spacial score (nSPS) is 30.4. The Kier molecular flexibility index (Phi) is 4.43. The Labute approximate surface area is 104 Å². The SMILES string of the molecule is CCCC1(C(=O)OC2CCCCC2)CCCN1. The highest BCUT2D eigenvalue weighted by Gasteiger charge is 2.42. The molecule has 2 fully saturated rings. The van der Waals surface area contributed by atoms with Crippen LogP contribution in [0.2, 0.25) is 0 Å². The summed E-state index contributed by atoms with van der Waals surface area (Å²) in [7, 11) is 0. The van der Waals surface area contributed by atoms with Crippen molar-refractivity contribution in [2.24, 2.45) is 0 Å². The molecule has 1 saturated heterocycles. The van der Waals surface area contributed by atoms with Crippen LogP contribution in [0, 0.1) is 0 Å². The molecule has 1 atom stereocenters. The van der Waals surface area contributed by atoms with Crippen molar-refractivity contribution < 1.29 is 9.53 Å². The predicted molar refractivity (Wildman–Crippen MR) is 67.8 cm³/mol. The van der Waals surface area contributed by atoms with E-state index in [1.54, 1.807) is 0 Å². The lowest BCUT2D eigenvalue weighted by Crippen LogP contribution is -2.49. The molecule has 3 nitrogen and oxygen atoms in total. The van der Waals surface area contributed by atoms with Crippen LogP contribution in [0.5, 0.6) is 0 Å². The maximum atomic E-state index is 12.3. The number of ether oxygens (including phenoxy) is 1. The van der Waals surface area contributed by atoms with Gasteiger partial charge in [-0.3, -0.25) is 4.79 Å². The Hall–Kier alpha value is -0.570. The van der Waals surface area contributed by atoms with E-state index in [0.29, 0.717) is 0 Å². The summed E-state index contributed by atoms with van der Waals surface area (Å²) in [4.78, 5) is 12.3. The second-order valence-corrected chi connectivity index (χ2v) is 5.53. The van der Waals surface area contributed by atoms with Crippen LogP contribution < -0.4 is 5.32 Å². The molecule has 0 bridgehead atoms. The molecule has 2 rings (SSSR count). The fraction of sp³-hybridized carbons (Fsp3) is 0.929. The Morgan fingerprint density at radius 1 is 1.29 bits per heavy atom. The van der Waals surface area contributed by atoms with E-state index in [4.69, 9.17) is 4.74 Å². The minimum Gasteiger partial charge on any atom is -0.461 e. The largest absolute Gasteiger partial charge is 0.461 e. The zero-order valence-electron chi connectivity index (χ0n) is 11.0. The summed E-state index contributed by atoms with van der Waals surface area (Å²) in [6.07, 6.45) is 10.0. The lowest BCUT2D eigenvalue weighted by Gasteiger charge is -2.30. The summed E-state index contributed by atoms with van der Waals surface area (Å²) in [5.74, 6) is 0.0174. The molecular weight excluding hydrogens is 214 g/mol. The summed E-state index contributed by atoms with van der Waals surface area (Å²) in [6, 6.07) is 0. The van der Waals surface area contributed by atoms with Crippen LogP contribution in [0.4, 0.5) is 0 Å². The Balaban J connectivity index is 1.91. The van der Waals surface area contributed by atoms with Crippen molar-refractivity contribution in [3.63, 3.8) is 0 Å². The number of esters is 1. The predicted octanol–water partition coefficient (Wildman–Crippen LogP) is 2.78. The summed E-state index contributed by atoms with van der Waals surface area (Å²) >= 11 is 0. The molecule has 1 heterocycles. The number of hydrogen-bond donors (Lipinski definition) is 1. The first-order chi connectivity index (χ1) is 8.27. The van der Waals surface area contributed by atoms with Crippen molar-refractivity contribution in [1.82, 2.24) is 5.32 Å². The molecule has 1 N–H and O–H groups in total. The average molecular weight is 239 g/mol. The number of rotatable bonds is 4. The first-order valence-corrected chi connectivity index (χ1v) is 7.23. The van der Waals surface area contributed by atoms with Crippen LogP contribution in [0.15, 0.2) is 0 Å². The molecule has 0 aromatic rings. The van der Waals surface area contributed by atoms with E-state index in [9.17, 15) is 4.79 Å². The number of nitrogens with one attached hydrogen (secondary N) is 1. The van der Waals surface area contributed by atoms with Crippen LogP contribution >= 0.6 is 0 Å². The number of hydrogen-bond acceptors (Lipinski definition) is 3. The van der Waals surface area contributed by atoms with Crippen LogP contribution in [0.1, 0.15) is 64.7 Å². The molecule has 1 aliphatic carbocycles. The van der Waals surface area contributed by atoms with E-state index in [1.165, 1.54) is 19.3 Å². The minimum absolute atomic E-state index is 0.0174. The summed E-state index contributed by atoms with van der Waals surface area (Å²) in [5, 5.41) is 3.39.